The van der Waals surface area contributed by atoms with Crippen LogP contribution in [-0.2, 0) is 0 Å². The first-order valence-corrected chi connectivity index (χ1v) is 5.36. The van der Waals surface area contributed by atoms with Crippen LogP contribution in [0.1, 0.15) is 46.5 Å². The lowest BCUT2D eigenvalue weighted by Gasteiger charge is -2.17. The van der Waals surface area contributed by atoms with Crippen LogP contribution in [0, 0.1) is 5.92 Å². The highest BCUT2D eigenvalue weighted by molar-refractivity contribution is 5.79. The maximum atomic E-state index is 5.82. The Balaban J connectivity index is 4.65. The van der Waals surface area contributed by atoms with Gasteiger partial charge in [0, 0.05) is 5.70 Å². The molecule has 0 unspecified atom stereocenters. The van der Waals surface area contributed by atoms with E-state index in [1.54, 1.807) is 6.21 Å². The molecule has 0 saturated heterocycles. The molecule has 0 aliphatic carbocycles. The molecule has 0 spiro atoms. The van der Waals surface area contributed by atoms with Crippen molar-refractivity contribution in [2.24, 2.45) is 22.6 Å². The topological polar surface area (TPSA) is 64.4 Å². The highest BCUT2D eigenvalue weighted by Gasteiger charge is 2.12. The average molecular weight is 197 g/mol. The third kappa shape index (κ3) is 4.30. The minimum atomic E-state index is 0.516. The Hall–Kier alpha value is -0.990. The molecule has 0 aliphatic rings. The minimum absolute atomic E-state index is 0.516. The molecule has 0 atom stereocenters. The summed E-state index contributed by atoms with van der Waals surface area (Å²) in [7, 11) is 0. The Kier molecular flexibility index (Phi) is 6.89. The van der Waals surface area contributed by atoms with E-state index in [2.05, 4.69) is 18.9 Å². The Bertz CT molecular complexity index is 197. The van der Waals surface area contributed by atoms with E-state index in [1.165, 1.54) is 12.8 Å². The van der Waals surface area contributed by atoms with Gasteiger partial charge in [0.1, 0.15) is 0 Å². The van der Waals surface area contributed by atoms with Gasteiger partial charge in [0.15, 0.2) is 0 Å². The SMILES string of the molecule is CCCC(CCC)C(/C=N\N)=C(\C)N. The second-order valence-corrected chi connectivity index (χ2v) is 3.69. The van der Waals surface area contributed by atoms with Crippen molar-refractivity contribution in [2.45, 2.75) is 46.5 Å². The normalized spacial score (nSPS) is 13.7. The van der Waals surface area contributed by atoms with Crippen LogP contribution in [0.25, 0.3) is 0 Å². The van der Waals surface area contributed by atoms with Gasteiger partial charge in [-0.2, -0.15) is 5.10 Å². The van der Waals surface area contributed by atoms with Crippen molar-refractivity contribution in [1.29, 1.82) is 0 Å². The summed E-state index contributed by atoms with van der Waals surface area (Å²) >= 11 is 0. The summed E-state index contributed by atoms with van der Waals surface area (Å²) in [4.78, 5) is 0. The number of allylic oxidation sites excluding steroid dienone is 2. The summed E-state index contributed by atoms with van der Waals surface area (Å²) in [5, 5.41) is 3.58. The van der Waals surface area contributed by atoms with Crippen molar-refractivity contribution in [3.63, 3.8) is 0 Å². The van der Waals surface area contributed by atoms with Crippen molar-refractivity contribution >= 4 is 6.21 Å². The lowest BCUT2D eigenvalue weighted by Crippen LogP contribution is -2.12. The van der Waals surface area contributed by atoms with Gasteiger partial charge in [-0.15, -0.1) is 0 Å². The molecule has 0 radical (unpaired) electrons. The van der Waals surface area contributed by atoms with E-state index in [9.17, 15) is 0 Å². The number of nitrogens with zero attached hydrogens (tertiary/aromatic N) is 1. The van der Waals surface area contributed by atoms with Gasteiger partial charge >= 0.3 is 0 Å². The Morgan fingerprint density at radius 1 is 1.29 bits per heavy atom. The zero-order valence-electron chi connectivity index (χ0n) is 9.59. The van der Waals surface area contributed by atoms with Gasteiger partial charge < -0.3 is 11.6 Å². The number of rotatable bonds is 6. The van der Waals surface area contributed by atoms with Crippen LogP contribution in [-0.4, -0.2) is 6.21 Å². The largest absolute Gasteiger partial charge is 0.402 e. The molecule has 82 valence electrons. The fraction of sp³-hybridized carbons (Fsp3) is 0.727. The molecule has 14 heavy (non-hydrogen) atoms. The molecule has 0 aliphatic heterocycles. The second kappa shape index (κ2) is 7.42. The van der Waals surface area contributed by atoms with Gasteiger partial charge in [0.05, 0.1) is 6.21 Å². The Labute approximate surface area is 87.2 Å². The van der Waals surface area contributed by atoms with E-state index in [0.717, 1.165) is 24.1 Å². The fourth-order valence-corrected chi connectivity index (χ4v) is 1.76. The van der Waals surface area contributed by atoms with Crippen LogP contribution in [0.2, 0.25) is 0 Å². The molecular weight excluding hydrogens is 174 g/mol. The van der Waals surface area contributed by atoms with E-state index in [4.69, 9.17) is 11.6 Å². The van der Waals surface area contributed by atoms with Gasteiger partial charge in [-0.25, -0.2) is 0 Å². The highest BCUT2D eigenvalue weighted by Crippen LogP contribution is 2.22. The Morgan fingerprint density at radius 2 is 1.79 bits per heavy atom. The van der Waals surface area contributed by atoms with E-state index in [1.807, 2.05) is 6.92 Å². The van der Waals surface area contributed by atoms with E-state index < -0.39 is 0 Å². The molecular formula is C11H23N3. The zero-order valence-corrected chi connectivity index (χ0v) is 9.59. The quantitative estimate of drug-likeness (QED) is 0.390. The van der Waals surface area contributed by atoms with Crippen molar-refractivity contribution in [2.75, 3.05) is 0 Å². The molecule has 0 aromatic heterocycles. The third-order valence-electron chi connectivity index (χ3n) is 2.38. The summed E-state index contributed by atoms with van der Waals surface area (Å²) in [5.41, 5.74) is 7.76. The molecule has 0 heterocycles. The first-order valence-electron chi connectivity index (χ1n) is 5.36. The summed E-state index contributed by atoms with van der Waals surface area (Å²) < 4.78 is 0. The summed E-state index contributed by atoms with van der Waals surface area (Å²) in [6.45, 7) is 6.28. The van der Waals surface area contributed by atoms with Crippen LogP contribution in [0.5, 0.6) is 0 Å². The molecule has 0 rings (SSSR count). The van der Waals surface area contributed by atoms with Crippen LogP contribution in [0.4, 0.5) is 0 Å². The smallest absolute Gasteiger partial charge is 0.0517 e. The molecule has 0 aromatic carbocycles. The van der Waals surface area contributed by atoms with Crippen LogP contribution in [0.15, 0.2) is 16.4 Å². The predicted octanol–water partition coefficient (Wildman–Crippen LogP) is 2.38. The highest BCUT2D eigenvalue weighted by atomic mass is 15.1. The second-order valence-electron chi connectivity index (χ2n) is 3.69. The summed E-state index contributed by atoms with van der Waals surface area (Å²) in [6.07, 6.45) is 6.35. The third-order valence-corrected chi connectivity index (χ3v) is 2.38. The van der Waals surface area contributed by atoms with Gasteiger partial charge in [0.25, 0.3) is 0 Å². The first kappa shape index (κ1) is 13.0. The van der Waals surface area contributed by atoms with Gasteiger partial charge in [0.2, 0.25) is 0 Å². The van der Waals surface area contributed by atoms with E-state index in [0.29, 0.717) is 5.92 Å². The van der Waals surface area contributed by atoms with Crippen molar-refractivity contribution < 1.29 is 0 Å². The van der Waals surface area contributed by atoms with E-state index >= 15 is 0 Å². The first-order chi connectivity index (χ1) is 6.67. The molecule has 0 fully saturated rings. The minimum Gasteiger partial charge on any atom is -0.402 e. The van der Waals surface area contributed by atoms with Crippen LogP contribution < -0.4 is 11.6 Å². The van der Waals surface area contributed by atoms with Gasteiger partial charge in [-0.1, -0.05) is 26.7 Å². The maximum absolute atomic E-state index is 5.82. The average Bonchev–Trinajstić information content (AvgIpc) is 2.13. The molecule has 0 saturated carbocycles. The lowest BCUT2D eigenvalue weighted by atomic mass is 9.89. The molecule has 0 aromatic rings. The molecule has 3 nitrogen and oxygen atoms in total. The zero-order chi connectivity index (χ0) is 11.0. The number of hydrazone groups is 1. The number of hydrogen-bond donors (Lipinski definition) is 2. The fourth-order valence-electron chi connectivity index (χ4n) is 1.76. The van der Waals surface area contributed by atoms with E-state index in [-0.39, 0.29) is 0 Å². The molecule has 0 bridgehead atoms. The monoisotopic (exact) mass is 197 g/mol. The standard InChI is InChI=1S/C11H23N3/c1-4-6-10(7-5-2)11(8-14-13)9(3)12/h8,10H,4-7,12-13H2,1-3H3/b11-9+,14-8-. The number of nitrogens with two attached hydrogens (primary N) is 2. The van der Waals surface area contributed by atoms with Gasteiger partial charge in [-0.3, -0.25) is 0 Å². The number of hydrogen-bond acceptors (Lipinski definition) is 3. The lowest BCUT2D eigenvalue weighted by molar-refractivity contribution is 0.515. The van der Waals surface area contributed by atoms with Gasteiger partial charge in [-0.05, 0) is 31.3 Å². The molecule has 4 N–H and O–H groups in total. The van der Waals surface area contributed by atoms with Crippen LogP contribution >= 0.6 is 0 Å². The summed E-state index contributed by atoms with van der Waals surface area (Å²) in [6, 6.07) is 0. The molecule has 3 heteroatoms. The van der Waals surface area contributed by atoms with Crippen molar-refractivity contribution in [3.05, 3.63) is 11.3 Å². The maximum Gasteiger partial charge on any atom is 0.0517 e. The predicted molar refractivity (Wildman–Crippen MR) is 62.9 cm³/mol. The van der Waals surface area contributed by atoms with Crippen LogP contribution in [0.3, 0.4) is 0 Å². The van der Waals surface area contributed by atoms with Crippen molar-refractivity contribution in [1.82, 2.24) is 0 Å². The van der Waals surface area contributed by atoms with Crippen molar-refractivity contribution in [3.8, 4) is 0 Å². The molecule has 0 amide bonds. The Morgan fingerprint density at radius 3 is 2.07 bits per heavy atom. The summed E-state index contributed by atoms with van der Waals surface area (Å²) in [5.74, 6) is 5.69.